The van der Waals surface area contributed by atoms with Gasteiger partial charge < -0.3 is 15.3 Å². The van der Waals surface area contributed by atoms with Crippen molar-refractivity contribution >= 4 is 17.4 Å². The summed E-state index contributed by atoms with van der Waals surface area (Å²) in [5, 5.41) is 12.7. The molecular weight excluding hydrogens is 268 g/mol. The van der Waals surface area contributed by atoms with Gasteiger partial charge in [0.25, 0.3) is 0 Å². The zero-order valence-electron chi connectivity index (χ0n) is 11.7. The van der Waals surface area contributed by atoms with Gasteiger partial charge in [-0.3, -0.25) is 9.20 Å². The molecule has 2 atom stereocenters. The first-order valence-electron chi connectivity index (χ1n) is 7.41. The zero-order valence-corrected chi connectivity index (χ0v) is 11.7. The highest BCUT2D eigenvalue weighted by atomic mass is 16.3. The number of rotatable bonds is 2. The molecule has 2 saturated heterocycles. The summed E-state index contributed by atoms with van der Waals surface area (Å²) in [6.45, 7) is 1.49. The summed E-state index contributed by atoms with van der Waals surface area (Å²) in [7, 11) is 0. The first-order chi connectivity index (χ1) is 10.3. The van der Waals surface area contributed by atoms with E-state index in [1.54, 1.807) is 0 Å². The molecular formula is C15H18N4O2. The quantitative estimate of drug-likeness (QED) is 0.845. The van der Waals surface area contributed by atoms with Crippen LogP contribution in [-0.2, 0) is 11.4 Å². The summed E-state index contributed by atoms with van der Waals surface area (Å²) in [6, 6.07) is 5.95. The van der Waals surface area contributed by atoms with Crippen LogP contribution < -0.4 is 10.2 Å². The van der Waals surface area contributed by atoms with Crippen molar-refractivity contribution in [2.45, 2.75) is 25.5 Å². The Balaban J connectivity index is 1.80. The smallest absolute Gasteiger partial charge is 0.225 e. The second kappa shape index (κ2) is 4.73. The lowest BCUT2D eigenvalue weighted by Crippen LogP contribution is -2.46. The lowest BCUT2D eigenvalue weighted by molar-refractivity contribution is -0.122. The number of fused-ring (bicyclic) bond motifs is 2. The van der Waals surface area contributed by atoms with Crippen molar-refractivity contribution in [3.8, 4) is 0 Å². The van der Waals surface area contributed by atoms with E-state index in [2.05, 4.69) is 15.2 Å². The van der Waals surface area contributed by atoms with Crippen LogP contribution in [0.5, 0.6) is 0 Å². The van der Waals surface area contributed by atoms with E-state index in [0.717, 1.165) is 36.5 Å². The Morgan fingerprint density at radius 1 is 1.43 bits per heavy atom. The number of carbonyl (C=O) groups excluding carboxylic acids is 1. The molecule has 2 fully saturated rings. The van der Waals surface area contributed by atoms with Gasteiger partial charge in [0.05, 0.1) is 24.3 Å². The molecule has 110 valence electrons. The standard InChI is InChI=1S/C15H18N4O2/c20-9-12-14(17-13-5-1-2-6-18(12)13)19-7-3-4-10-11(19)8-16-15(10)21/h1-2,5-6,10-11,20H,3-4,7-9H2,(H,16,21). The number of amides is 1. The second-order valence-corrected chi connectivity index (χ2v) is 5.72. The van der Waals surface area contributed by atoms with Crippen LogP contribution in [0, 0.1) is 5.92 Å². The van der Waals surface area contributed by atoms with Gasteiger partial charge in [0.2, 0.25) is 5.91 Å². The Kier molecular flexibility index (Phi) is 2.85. The van der Waals surface area contributed by atoms with E-state index in [1.807, 2.05) is 28.8 Å². The fraction of sp³-hybridized carbons (Fsp3) is 0.467. The minimum absolute atomic E-state index is 0.0510. The van der Waals surface area contributed by atoms with E-state index >= 15 is 0 Å². The third-order valence-corrected chi connectivity index (χ3v) is 4.63. The molecule has 6 nitrogen and oxygen atoms in total. The van der Waals surface area contributed by atoms with Crippen LogP contribution in [0.4, 0.5) is 5.82 Å². The highest BCUT2D eigenvalue weighted by Crippen LogP contribution is 2.33. The van der Waals surface area contributed by atoms with Crippen molar-refractivity contribution in [3.63, 3.8) is 0 Å². The number of aliphatic hydroxyl groups excluding tert-OH is 1. The van der Waals surface area contributed by atoms with E-state index < -0.39 is 0 Å². The molecule has 6 heteroatoms. The molecule has 0 radical (unpaired) electrons. The Labute approximate surface area is 122 Å². The third-order valence-electron chi connectivity index (χ3n) is 4.63. The Morgan fingerprint density at radius 3 is 3.19 bits per heavy atom. The molecule has 2 unspecified atom stereocenters. The highest BCUT2D eigenvalue weighted by Gasteiger charge is 2.42. The van der Waals surface area contributed by atoms with Crippen LogP contribution >= 0.6 is 0 Å². The SMILES string of the molecule is O=C1NCC2C1CCCN2c1nc2ccccn2c1CO. The van der Waals surface area contributed by atoms with Crippen LogP contribution in [0.25, 0.3) is 5.65 Å². The molecule has 2 aliphatic rings. The summed E-state index contributed by atoms with van der Waals surface area (Å²) in [5.41, 5.74) is 1.63. The second-order valence-electron chi connectivity index (χ2n) is 5.72. The van der Waals surface area contributed by atoms with E-state index in [-0.39, 0.29) is 24.5 Å². The van der Waals surface area contributed by atoms with Gasteiger partial charge in [0, 0.05) is 19.3 Å². The van der Waals surface area contributed by atoms with E-state index in [1.165, 1.54) is 0 Å². The Hall–Kier alpha value is -2.08. The molecule has 1 amide bonds. The summed E-state index contributed by atoms with van der Waals surface area (Å²) in [6.07, 6.45) is 3.83. The van der Waals surface area contributed by atoms with Gasteiger partial charge in [-0.1, -0.05) is 6.07 Å². The average molecular weight is 286 g/mol. The molecule has 0 saturated carbocycles. The number of pyridine rings is 1. The van der Waals surface area contributed by atoms with Gasteiger partial charge in [-0.15, -0.1) is 0 Å². The van der Waals surface area contributed by atoms with Gasteiger partial charge in [0.1, 0.15) is 5.65 Å². The molecule has 21 heavy (non-hydrogen) atoms. The lowest BCUT2D eigenvalue weighted by Gasteiger charge is -2.36. The number of aromatic nitrogens is 2. The van der Waals surface area contributed by atoms with Crippen LogP contribution in [0.15, 0.2) is 24.4 Å². The summed E-state index contributed by atoms with van der Waals surface area (Å²) in [5.74, 6) is 1.02. The molecule has 2 N–H and O–H groups in total. The molecule has 4 rings (SSSR count). The van der Waals surface area contributed by atoms with Crippen molar-refractivity contribution in [2.24, 2.45) is 5.92 Å². The normalized spacial score (nSPS) is 25.2. The van der Waals surface area contributed by atoms with E-state index in [0.29, 0.717) is 6.54 Å². The summed E-state index contributed by atoms with van der Waals surface area (Å²) < 4.78 is 1.92. The number of nitrogens with one attached hydrogen (secondary N) is 1. The van der Waals surface area contributed by atoms with Crippen molar-refractivity contribution in [1.29, 1.82) is 0 Å². The molecule has 0 aromatic carbocycles. The van der Waals surface area contributed by atoms with Gasteiger partial charge in [-0.2, -0.15) is 0 Å². The van der Waals surface area contributed by atoms with E-state index in [9.17, 15) is 9.90 Å². The van der Waals surface area contributed by atoms with Crippen molar-refractivity contribution in [3.05, 3.63) is 30.1 Å². The molecule has 0 bridgehead atoms. The molecule has 2 aliphatic heterocycles. The number of carbonyl (C=O) groups is 1. The van der Waals surface area contributed by atoms with Crippen LogP contribution in [-0.4, -0.2) is 39.5 Å². The van der Waals surface area contributed by atoms with Gasteiger partial charge >= 0.3 is 0 Å². The minimum atomic E-state index is -0.0597. The number of anilines is 1. The van der Waals surface area contributed by atoms with E-state index in [4.69, 9.17) is 0 Å². The number of hydrogen-bond donors (Lipinski definition) is 2. The lowest BCUT2D eigenvalue weighted by atomic mass is 9.91. The maximum Gasteiger partial charge on any atom is 0.225 e. The topological polar surface area (TPSA) is 69.9 Å². The molecule has 4 heterocycles. The maximum absolute atomic E-state index is 11.9. The number of imidazole rings is 1. The molecule has 0 aliphatic carbocycles. The average Bonchev–Trinajstić information content (AvgIpc) is 3.08. The van der Waals surface area contributed by atoms with Crippen molar-refractivity contribution in [1.82, 2.24) is 14.7 Å². The van der Waals surface area contributed by atoms with Crippen LogP contribution in [0.3, 0.4) is 0 Å². The monoisotopic (exact) mass is 286 g/mol. The maximum atomic E-state index is 11.9. The summed E-state index contributed by atoms with van der Waals surface area (Å²) >= 11 is 0. The molecule has 0 spiro atoms. The Morgan fingerprint density at radius 2 is 2.33 bits per heavy atom. The van der Waals surface area contributed by atoms with Gasteiger partial charge in [-0.05, 0) is 25.0 Å². The minimum Gasteiger partial charge on any atom is -0.390 e. The number of nitrogens with zero attached hydrogens (tertiary/aromatic N) is 3. The molecule has 2 aromatic rings. The Bertz CT molecular complexity index is 696. The van der Waals surface area contributed by atoms with Crippen molar-refractivity contribution < 1.29 is 9.90 Å². The largest absolute Gasteiger partial charge is 0.390 e. The van der Waals surface area contributed by atoms with Gasteiger partial charge in [0.15, 0.2) is 5.82 Å². The fourth-order valence-corrected chi connectivity index (χ4v) is 3.63. The number of piperidine rings is 1. The number of aliphatic hydroxyl groups is 1. The number of hydrogen-bond acceptors (Lipinski definition) is 4. The first-order valence-corrected chi connectivity index (χ1v) is 7.41. The molecule has 2 aromatic heterocycles. The van der Waals surface area contributed by atoms with Crippen molar-refractivity contribution in [2.75, 3.05) is 18.0 Å². The zero-order chi connectivity index (χ0) is 14.4. The third kappa shape index (κ3) is 1.82. The summed E-state index contributed by atoms with van der Waals surface area (Å²) in [4.78, 5) is 18.8. The van der Waals surface area contributed by atoms with Crippen LogP contribution in [0.1, 0.15) is 18.5 Å². The van der Waals surface area contributed by atoms with Crippen LogP contribution in [0.2, 0.25) is 0 Å². The van der Waals surface area contributed by atoms with Gasteiger partial charge in [-0.25, -0.2) is 4.98 Å². The predicted octanol–water partition coefficient (Wildman–Crippen LogP) is 0.541. The first kappa shape index (κ1) is 12.6. The predicted molar refractivity (Wildman–Crippen MR) is 78.0 cm³/mol. The fourth-order valence-electron chi connectivity index (χ4n) is 3.63. The highest BCUT2D eigenvalue weighted by molar-refractivity contribution is 5.83.